The van der Waals surface area contributed by atoms with Gasteiger partial charge in [-0.05, 0) is 18.3 Å². The van der Waals surface area contributed by atoms with E-state index >= 15 is 0 Å². The van der Waals surface area contributed by atoms with Crippen molar-refractivity contribution in [2.24, 2.45) is 17.6 Å². The normalized spacial score (nSPS) is 14.1. The number of rotatable bonds is 7. The Bertz CT molecular complexity index is 189. The van der Waals surface area contributed by atoms with Gasteiger partial charge in [-0.25, -0.2) is 0 Å². The third-order valence-corrected chi connectivity index (χ3v) is 2.70. The Morgan fingerprint density at radius 3 is 2.38 bits per heavy atom. The van der Waals surface area contributed by atoms with Gasteiger partial charge in [-0.3, -0.25) is 4.79 Å². The molecule has 0 heterocycles. The zero-order valence-corrected chi connectivity index (χ0v) is 11.2. The van der Waals surface area contributed by atoms with E-state index in [-0.39, 0.29) is 30.8 Å². The summed E-state index contributed by atoms with van der Waals surface area (Å²) in [6.45, 7) is 6.68. The van der Waals surface area contributed by atoms with E-state index in [2.05, 4.69) is 12.2 Å². The van der Waals surface area contributed by atoms with Gasteiger partial charge in [0.05, 0.1) is 6.04 Å². The average molecular weight is 253 g/mol. The van der Waals surface area contributed by atoms with Gasteiger partial charge < -0.3 is 16.2 Å². The van der Waals surface area contributed by atoms with Crippen molar-refractivity contribution in [3.63, 3.8) is 0 Å². The van der Waals surface area contributed by atoms with E-state index in [0.29, 0.717) is 12.5 Å². The van der Waals surface area contributed by atoms with Crippen LogP contribution in [-0.4, -0.2) is 30.2 Å². The topological polar surface area (TPSA) is 75.3 Å². The van der Waals surface area contributed by atoms with Crippen LogP contribution in [0.15, 0.2) is 0 Å². The molecular formula is C11H25ClN2O2. The highest BCUT2D eigenvalue weighted by molar-refractivity contribution is 5.85. The Kier molecular flexibility index (Phi) is 11.1. The monoisotopic (exact) mass is 252 g/mol. The highest BCUT2D eigenvalue weighted by atomic mass is 35.5. The van der Waals surface area contributed by atoms with Gasteiger partial charge in [0.1, 0.15) is 0 Å². The molecule has 4 nitrogen and oxygen atoms in total. The molecule has 98 valence electrons. The van der Waals surface area contributed by atoms with E-state index in [1.54, 1.807) is 0 Å². The molecule has 0 aliphatic rings. The number of nitrogens with two attached hydrogens (primary N) is 1. The SMILES string of the molecule is CCC(CCO)CNC(=O)[C@@H](N)C(C)C.Cl. The summed E-state index contributed by atoms with van der Waals surface area (Å²) >= 11 is 0. The molecule has 0 spiro atoms. The standard InChI is InChI=1S/C11H24N2O2.ClH/c1-4-9(5-6-14)7-13-11(15)10(12)8(2)3;/h8-10,14H,4-7,12H2,1-3H3,(H,13,15);1H/t9?,10-;/m0./s1. The molecule has 2 atom stereocenters. The summed E-state index contributed by atoms with van der Waals surface area (Å²) in [7, 11) is 0. The number of hydrogen-bond donors (Lipinski definition) is 3. The summed E-state index contributed by atoms with van der Waals surface area (Å²) in [5.74, 6) is 0.405. The van der Waals surface area contributed by atoms with Gasteiger partial charge in [0.15, 0.2) is 0 Å². The molecule has 16 heavy (non-hydrogen) atoms. The molecule has 0 fully saturated rings. The van der Waals surface area contributed by atoms with Crippen molar-refractivity contribution < 1.29 is 9.90 Å². The van der Waals surface area contributed by atoms with E-state index in [9.17, 15) is 4.79 Å². The van der Waals surface area contributed by atoms with Crippen LogP contribution in [-0.2, 0) is 4.79 Å². The van der Waals surface area contributed by atoms with Gasteiger partial charge in [-0.2, -0.15) is 0 Å². The predicted molar refractivity (Wildman–Crippen MR) is 68.6 cm³/mol. The Balaban J connectivity index is 0. The number of nitrogens with one attached hydrogen (secondary N) is 1. The van der Waals surface area contributed by atoms with Crippen LogP contribution in [0.1, 0.15) is 33.6 Å². The molecule has 0 aromatic heterocycles. The lowest BCUT2D eigenvalue weighted by Gasteiger charge is -2.18. The summed E-state index contributed by atoms with van der Waals surface area (Å²) in [6, 6.07) is -0.434. The van der Waals surface area contributed by atoms with Crippen LogP contribution in [0.4, 0.5) is 0 Å². The van der Waals surface area contributed by atoms with Crippen molar-refractivity contribution in [1.82, 2.24) is 5.32 Å². The van der Waals surface area contributed by atoms with Crippen molar-refractivity contribution in [2.45, 2.75) is 39.7 Å². The zero-order chi connectivity index (χ0) is 11.8. The molecule has 5 heteroatoms. The van der Waals surface area contributed by atoms with Crippen LogP contribution in [0.2, 0.25) is 0 Å². The Morgan fingerprint density at radius 1 is 1.44 bits per heavy atom. The fourth-order valence-corrected chi connectivity index (χ4v) is 1.30. The molecule has 1 amide bonds. The van der Waals surface area contributed by atoms with Crippen molar-refractivity contribution in [3.8, 4) is 0 Å². The Hall–Kier alpha value is -0.320. The maximum atomic E-state index is 11.5. The van der Waals surface area contributed by atoms with Gasteiger partial charge in [0.25, 0.3) is 0 Å². The molecule has 0 saturated heterocycles. The molecule has 4 N–H and O–H groups in total. The van der Waals surface area contributed by atoms with Crippen molar-refractivity contribution in [3.05, 3.63) is 0 Å². The minimum absolute atomic E-state index is 0. The minimum atomic E-state index is -0.434. The largest absolute Gasteiger partial charge is 0.396 e. The molecule has 0 bridgehead atoms. The van der Waals surface area contributed by atoms with Gasteiger partial charge in [-0.1, -0.05) is 27.2 Å². The van der Waals surface area contributed by atoms with E-state index in [1.807, 2.05) is 13.8 Å². The predicted octanol–water partition coefficient (Wildman–Crippen LogP) is 0.916. The highest BCUT2D eigenvalue weighted by Gasteiger charge is 2.17. The molecular weight excluding hydrogens is 228 g/mol. The van der Waals surface area contributed by atoms with Crippen molar-refractivity contribution in [1.29, 1.82) is 0 Å². The summed E-state index contributed by atoms with van der Waals surface area (Å²) in [5, 5.41) is 11.6. The fourth-order valence-electron chi connectivity index (χ4n) is 1.30. The highest BCUT2D eigenvalue weighted by Crippen LogP contribution is 2.06. The number of halogens is 1. The van der Waals surface area contributed by atoms with Crippen molar-refractivity contribution >= 4 is 18.3 Å². The fraction of sp³-hybridized carbons (Fsp3) is 0.909. The van der Waals surface area contributed by atoms with E-state index < -0.39 is 6.04 Å². The molecule has 0 rings (SSSR count). The first-order valence-corrected chi connectivity index (χ1v) is 5.67. The second-order valence-electron chi connectivity index (χ2n) is 4.30. The molecule has 1 unspecified atom stereocenters. The van der Waals surface area contributed by atoms with Gasteiger partial charge >= 0.3 is 0 Å². The summed E-state index contributed by atoms with van der Waals surface area (Å²) in [6.07, 6.45) is 1.69. The minimum Gasteiger partial charge on any atom is -0.396 e. The molecule has 0 aliphatic carbocycles. The molecule has 0 aromatic rings. The summed E-state index contributed by atoms with van der Waals surface area (Å²) in [5.41, 5.74) is 5.70. The lowest BCUT2D eigenvalue weighted by Crippen LogP contribution is -2.45. The maximum absolute atomic E-state index is 11.5. The van der Waals surface area contributed by atoms with Crippen LogP contribution in [0.25, 0.3) is 0 Å². The van der Waals surface area contributed by atoms with E-state index in [4.69, 9.17) is 10.8 Å². The van der Waals surface area contributed by atoms with E-state index in [1.165, 1.54) is 0 Å². The molecule has 0 saturated carbocycles. The third kappa shape index (κ3) is 7.04. The summed E-state index contributed by atoms with van der Waals surface area (Å²) < 4.78 is 0. The lowest BCUT2D eigenvalue weighted by molar-refractivity contribution is -0.123. The molecule has 0 aliphatic heterocycles. The number of hydrogen-bond acceptors (Lipinski definition) is 3. The number of aliphatic hydroxyl groups is 1. The van der Waals surface area contributed by atoms with Crippen LogP contribution < -0.4 is 11.1 Å². The van der Waals surface area contributed by atoms with Crippen LogP contribution in [0, 0.1) is 11.8 Å². The number of carbonyl (C=O) groups excluding carboxylic acids is 1. The van der Waals surface area contributed by atoms with Crippen molar-refractivity contribution in [2.75, 3.05) is 13.2 Å². The number of amides is 1. The average Bonchev–Trinajstić information content (AvgIpc) is 2.22. The number of aliphatic hydroxyl groups excluding tert-OH is 1. The third-order valence-electron chi connectivity index (χ3n) is 2.70. The van der Waals surface area contributed by atoms with Crippen LogP contribution in [0.5, 0.6) is 0 Å². The van der Waals surface area contributed by atoms with Gasteiger partial charge in [0.2, 0.25) is 5.91 Å². The Morgan fingerprint density at radius 2 is 2.00 bits per heavy atom. The zero-order valence-electron chi connectivity index (χ0n) is 10.4. The van der Waals surface area contributed by atoms with Crippen LogP contribution in [0.3, 0.4) is 0 Å². The number of carbonyl (C=O) groups is 1. The first-order valence-electron chi connectivity index (χ1n) is 5.67. The lowest BCUT2D eigenvalue weighted by atomic mass is 10.0. The summed E-state index contributed by atoms with van der Waals surface area (Å²) in [4.78, 5) is 11.5. The first-order chi connectivity index (χ1) is 7.02. The Labute approximate surface area is 104 Å². The van der Waals surface area contributed by atoms with Crippen LogP contribution >= 0.6 is 12.4 Å². The van der Waals surface area contributed by atoms with Gasteiger partial charge in [0, 0.05) is 13.2 Å². The first kappa shape index (κ1) is 18.1. The van der Waals surface area contributed by atoms with Gasteiger partial charge in [-0.15, -0.1) is 12.4 Å². The molecule has 0 radical (unpaired) electrons. The van der Waals surface area contributed by atoms with E-state index in [0.717, 1.165) is 12.8 Å². The second-order valence-corrected chi connectivity index (χ2v) is 4.30. The smallest absolute Gasteiger partial charge is 0.237 e. The quantitative estimate of drug-likeness (QED) is 0.631. The maximum Gasteiger partial charge on any atom is 0.237 e. The second kappa shape index (κ2) is 9.87. The molecule has 0 aromatic carbocycles.